The predicted octanol–water partition coefficient (Wildman–Crippen LogP) is 2.66. The molecule has 2 aromatic rings. The van der Waals surface area contributed by atoms with Crippen LogP contribution in [0.3, 0.4) is 0 Å². The second kappa shape index (κ2) is 5.29. The summed E-state index contributed by atoms with van der Waals surface area (Å²) in [6, 6.07) is 3.95. The van der Waals surface area contributed by atoms with Gasteiger partial charge in [0.2, 0.25) is 11.7 Å². The van der Waals surface area contributed by atoms with Crippen molar-refractivity contribution in [1.29, 1.82) is 0 Å². The predicted molar refractivity (Wildman–Crippen MR) is 67.8 cm³/mol. The Labute approximate surface area is 112 Å². The van der Waals surface area contributed by atoms with Crippen molar-refractivity contribution < 1.29 is 8.91 Å². The number of benzene rings is 1. The highest BCUT2D eigenvalue weighted by atomic mass is 79.9. The highest BCUT2D eigenvalue weighted by molar-refractivity contribution is 9.10. The van der Waals surface area contributed by atoms with Crippen LogP contribution in [-0.4, -0.2) is 10.1 Å². The summed E-state index contributed by atoms with van der Waals surface area (Å²) in [6.07, 6.45) is 5.47. The van der Waals surface area contributed by atoms with Crippen molar-refractivity contribution in [3.63, 3.8) is 0 Å². The lowest BCUT2D eigenvalue weighted by Gasteiger charge is -1.99. The van der Waals surface area contributed by atoms with E-state index in [2.05, 4.69) is 32.0 Å². The maximum Gasteiger partial charge on any atom is 0.244 e. The highest BCUT2D eigenvalue weighted by Crippen LogP contribution is 2.24. The number of aromatic nitrogens is 2. The normalized spacial score (nSPS) is 12.1. The monoisotopic (exact) mass is 309 g/mol. The Kier molecular flexibility index (Phi) is 3.75. The summed E-state index contributed by atoms with van der Waals surface area (Å²) in [4.78, 5) is 4.13. The second-order valence-corrected chi connectivity index (χ2v) is 4.45. The van der Waals surface area contributed by atoms with Crippen LogP contribution in [-0.2, 0) is 0 Å². The summed E-state index contributed by atoms with van der Waals surface area (Å²) >= 11 is 3.09. The molecule has 0 spiro atoms. The van der Waals surface area contributed by atoms with E-state index in [0.29, 0.717) is 22.3 Å². The molecule has 1 aromatic heterocycles. The number of halogens is 2. The van der Waals surface area contributed by atoms with Gasteiger partial charge in [0.25, 0.3) is 0 Å². The van der Waals surface area contributed by atoms with Gasteiger partial charge >= 0.3 is 0 Å². The van der Waals surface area contributed by atoms with Gasteiger partial charge in [-0.1, -0.05) is 5.16 Å². The number of nitrogens with two attached hydrogens (primary N) is 1. The molecule has 0 radical (unpaired) electrons. The van der Waals surface area contributed by atoms with Crippen LogP contribution in [0.4, 0.5) is 4.39 Å². The average molecular weight is 310 g/mol. The molecule has 0 saturated carbocycles. The van der Waals surface area contributed by atoms with Crippen molar-refractivity contribution in [3.05, 3.63) is 34.4 Å². The number of terminal acetylenes is 1. The maximum absolute atomic E-state index is 13.1. The van der Waals surface area contributed by atoms with E-state index in [9.17, 15) is 4.39 Å². The van der Waals surface area contributed by atoms with Crippen LogP contribution < -0.4 is 5.73 Å². The minimum Gasteiger partial charge on any atom is -0.337 e. The van der Waals surface area contributed by atoms with Crippen molar-refractivity contribution in [2.24, 2.45) is 5.73 Å². The molecule has 2 N–H and O–H groups in total. The molecule has 0 bridgehead atoms. The van der Waals surface area contributed by atoms with Gasteiger partial charge in [-0.2, -0.15) is 4.98 Å². The molecular weight excluding hydrogens is 301 g/mol. The van der Waals surface area contributed by atoms with Crippen molar-refractivity contribution in [2.45, 2.75) is 12.5 Å². The van der Waals surface area contributed by atoms with Crippen molar-refractivity contribution in [1.82, 2.24) is 10.1 Å². The maximum atomic E-state index is 13.1. The Hall–Kier alpha value is -1.71. The smallest absolute Gasteiger partial charge is 0.244 e. The van der Waals surface area contributed by atoms with Crippen LogP contribution in [0.1, 0.15) is 18.4 Å². The summed E-state index contributed by atoms with van der Waals surface area (Å²) in [5.41, 5.74) is 6.37. The quantitative estimate of drug-likeness (QED) is 0.885. The number of nitrogens with zero attached hydrogens (tertiary/aromatic N) is 2. The number of rotatable bonds is 3. The van der Waals surface area contributed by atoms with Gasteiger partial charge in [-0.15, -0.1) is 12.3 Å². The molecule has 0 amide bonds. The van der Waals surface area contributed by atoms with Crippen molar-refractivity contribution in [2.75, 3.05) is 0 Å². The van der Waals surface area contributed by atoms with E-state index in [4.69, 9.17) is 16.7 Å². The lowest BCUT2D eigenvalue weighted by molar-refractivity contribution is 0.357. The van der Waals surface area contributed by atoms with Gasteiger partial charge in [-0.25, -0.2) is 4.39 Å². The fourth-order valence-electron chi connectivity index (χ4n) is 1.35. The van der Waals surface area contributed by atoms with E-state index < -0.39 is 6.04 Å². The first-order valence-corrected chi connectivity index (χ1v) is 5.89. The highest BCUT2D eigenvalue weighted by Gasteiger charge is 2.15. The van der Waals surface area contributed by atoms with Gasteiger partial charge in [0.15, 0.2) is 0 Å². The first-order valence-electron chi connectivity index (χ1n) is 5.10. The molecule has 1 unspecified atom stereocenters. The minimum atomic E-state index is -0.486. The summed E-state index contributed by atoms with van der Waals surface area (Å²) in [7, 11) is 0. The van der Waals surface area contributed by atoms with Gasteiger partial charge in [-0.05, 0) is 34.1 Å². The Morgan fingerprint density at radius 1 is 1.56 bits per heavy atom. The minimum absolute atomic E-state index is 0.267. The average Bonchev–Trinajstić information content (AvgIpc) is 2.82. The number of hydrogen-bond donors (Lipinski definition) is 1. The molecule has 0 aliphatic carbocycles. The van der Waals surface area contributed by atoms with Crippen LogP contribution in [0, 0.1) is 18.2 Å². The molecule has 1 heterocycles. The fourth-order valence-corrected chi connectivity index (χ4v) is 1.73. The third kappa shape index (κ3) is 2.58. The molecule has 18 heavy (non-hydrogen) atoms. The first kappa shape index (κ1) is 12.7. The van der Waals surface area contributed by atoms with E-state index >= 15 is 0 Å². The third-order valence-electron chi connectivity index (χ3n) is 2.27. The van der Waals surface area contributed by atoms with Gasteiger partial charge in [-0.3, -0.25) is 0 Å². The molecular formula is C12H9BrFN3O. The molecule has 0 saturated heterocycles. The Balaban J connectivity index is 2.29. The van der Waals surface area contributed by atoms with Crippen LogP contribution >= 0.6 is 15.9 Å². The molecule has 0 fully saturated rings. The topological polar surface area (TPSA) is 64.9 Å². The number of hydrogen-bond acceptors (Lipinski definition) is 4. The zero-order chi connectivity index (χ0) is 13.1. The lowest BCUT2D eigenvalue weighted by atomic mass is 10.2. The Morgan fingerprint density at radius 3 is 3.00 bits per heavy atom. The van der Waals surface area contributed by atoms with Gasteiger partial charge in [0.1, 0.15) is 5.82 Å². The van der Waals surface area contributed by atoms with Gasteiger partial charge in [0, 0.05) is 12.0 Å². The molecule has 1 aromatic carbocycles. The van der Waals surface area contributed by atoms with Crippen LogP contribution in [0.15, 0.2) is 27.2 Å². The van der Waals surface area contributed by atoms with Crippen LogP contribution in [0.25, 0.3) is 11.4 Å². The third-order valence-corrected chi connectivity index (χ3v) is 2.88. The molecule has 0 aliphatic heterocycles. The largest absolute Gasteiger partial charge is 0.337 e. The van der Waals surface area contributed by atoms with E-state index in [0.717, 1.165) is 0 Å². The van der Waals surface area contributed by atoms with E-state index in [1.165, 1.54) is 6.07 Å². The second-order valence-electron chi connectivity index (χ2n) is 3.60. The molecule has 92 valence electrons. The van der Waals surface area contributed by atoms with E-state index in [-0.39, 0.29) is 11.7 Å². The molecule has 6 heteroatoms. The van der Waals surface area contributed by atoms with Gasteiger partial charge < -0.3 is 10.3 Å². The summed E-state index contributed by atoms with van der Waals surface area (Å²) in [5.74, 6) is 2.68. The fraction of sp³-hybridized carbons (Fsp3) is 0.167. The van der Waals surface area contributed by atoms with Gasteiger partial charge in [0.05, 0.1) is 10.5 Å². The molecule has 2 rings (SSSR count). The van der Waals surface area contributed by atoms with E-state index in [1.807, 2.05) is 0 Å². The van der Waals surface area contributed by atoms with Crippen LogP contribution in [0.5, 0.6) is 0 Å². The van der Waals surface area contributed by atoms with Crippen molar-refractivity contribution >= 4 is 15.9 Å². The first-order chi connectivity index (χ1) is 8.61. The summed E-state index contributed by atoms with van der Waals surface area (Å²) in [5, 5.41) is 3.78. The van der Waals surface area contributed by atoms with Crippen molar-refractivity contribution in [3.8, 4) is 23.7 Å². The lowest BCUT2D eigenvalue weighted by Crippen LogP contribution is -2.09. The SMILES string of the molecule is C#CCC(N)c1nc(-c2ccc(F)c(Br)c2)no1. The zero-order valence-corrected chi connectivity index (χ0v) is 10.8. The summed E-state index contributed by atoms with van der Waals surface area (Å²) in [6.45, 7) is 0. The Morgan fingerprint density at radius 2 is 2.33 bits per heavy atom. The van der Waals surface area contributed by atoms with Crippen LogP contribution in [0.2, 0.25) is 0 Å². The standard InChI is InChI=1S/C12H9BrFN3O/c1-2-3-10(15)12-16-11(17-18-12)7-4-5-9(14)8(13)6-7/h1,4-6,10H,3,15H2. The van der Waals surface area contributed by atoms with E-state index in [1.54, 1.807) is 12.1 Å². The zero-order valence-electron chi connectivity index (χ0n) is 9.23. The molecule has 0 aliphatic rings. The Bertz CT molecular complexity index is 606. The summed E-state index contributed by atoms with van der Waals surface area (Å²) < 4.78 is 18.4. The molecule has 1 atom stereocenters. The molecule has 4 nitrogen and oxygen atoms in total.